The number of sulfonamides is 1. The lowest BCUT2D eigenvalue weighted by Gasteiger charge is -2.33. The lowest BCUT2D eigenvalue weighted by Crippen LogP contribution is -2.51. The molecule has 24 heavy (non-hydrogen) atoms. The molecule has 0 spiro atoms. The van der Waals surface area contributed by atoms with Gasteiger partial charge in [-0.3, -0.25) is 14.5 Å². The van der Waals surface area contributed by atoms with Crippen LogP contribution < -0.4 is 10.6 Å². The number of thiophene rings is 1. The smallest absolute Gasteiger partial charge is 0.252 e. The first-order valence-electron chi connectivity index (χ1n) is 7.28. The summed E-state index contributed by atoms with van der Waals surface area (Å²) in [6.07, 6.45) is 0. The third-order valence-corrected chi connectivity index (χ3v) is 7.16. The van der Waals surface area contributed by atoms with Crippen LogP contribution >= 0.6 is 22.9 Å². The van der Waals surface area contributed by atoms with Crippen LogP contribution in [0.2, 0.25) is 4.34 Å². The van der Waals surface area contributed by atoms with E-state index in [1.165, 1.54) is 17.4 Å². The Morgan fingerprint density at radius 2 is 1.88 bits per heavy atom. The van der Waals surface area contributed by atoms with E-state index in [4.69, 9.17) is 11.6 Å². The first-order valence-corrected chi connectivity index (χ1v) is 9.91. The van der Waals surface area contributed by atoms with E-state index in [1.807, 2.05) is 4.90 Å². The maximum absolute atomic E-state index is 12.5. The quantitative estimate of drug-likeness (QED) is 0.682. The van der Waals surface area contributed by atoms with Gasteiger partial charge >= 0.3 is 0 Å². The fraction of sp³-hybridized carbons (Fsp3) is 0.538. The topological polar surface area (TPSA) is 98.8 Å². The van der Waals surface area contributed by atoms with E-state index < -0.39 is 10.0 Å². The summed E-state index contributed by atoms with van der Waals surface area (Å²) < 4.78 is 27.0. The van der Waals surface area contributed by atoms with Gasteiger partial charge in [-0.1, -0.05) is 11.6 Å². The van der Waals surface area contributed by atoms with Gasteiger partial charge in [0, 0.05) is 33.2 Å². The fourth-order valence-corrected chi connectivity index (χ4v) is 5.28. The highest BCUT2D eigenvalue weighted by Gasteiger charge is 2.30. The van der Waals surface area contributed by atoms with Gasteiger partial charge in [0.05, 0.1) is 17.4 Å². The predicted octanol–water partition coefficient (Wildman–Crippen LogP) is -0.430. The molecule has 8 nitrogen and oxygen atoms in total. The normalized spacial score (nSPS) is 16.8. The molecule has 0 aliphatic carbocycles. The zero-order valence-corrected chi connectivity index (χ0v) is 15.5. The summed E-state index contributed by atoms with van der Waals surface area (Å²) in [6.45, 7) is 1.58. The molecule has 1 aliphatic heterocycles. The summed E-state index contributed by atoms with van der Waals surface area (Å²) in [5.74, 6) is -0.534. The number of carbonyl (C=O) groups is 2. The Bertz CT molecular complexity index is 699. The maximum Gasteiger partial charge on any atom is 0.252 e. The summed E-state index contributed by atoms with van der Waals surface area (Å²) in [5, 5.41) is 4.93. The third kappa shape index (κ3) is 4.90. The summed E-state index contributed by atoms with van der Waals surface area (Å²) in [5.41, 5.74) is 0. The van der Waals surface area contributed by atoms with Crippen molar-refractivity contribution in [3.05, 3.63) is 16.5 Å². The maximum atomic E-state index is 12.5. The van der Waals surface area contributed by atoms with Gasteiger partial charge in [0.25, 0.3) is 10.0 Å². The van der Waals surface area contributed by atoms with Crippen LogP contribution in [-0.4, -0.2) is 75.8 Å². The van der Waals surface area contributed by atoms with Crippen LogP contribution in [0, 0.1) is 0 Å². The Kier molecular flexibility index (Phi) is 6.58. The number of nitrogens with zero attached hydrogens (tertiary/aromatic N) is 2. The number of hydrogen-bond donors (Lipinski definition) is 2. The SMILES string of the molecule is CNC(=O)CNC(=O)CN1CCN(S(=O)(=O)c2ccc(Cl)s2)CC1. The van der Waals surface area contributed by atoms with E-state index in [9.17, 15) is 18.0 Å². The molecule has 1 saturated heterocycles. The lowest BCUT2D eigenvalue weighted by molar-refractivity contribution is -0.126. The summed E-state index contributed by atoms with van der Waals surface area (Å²) in [7, 11) is -2.04. The van der Waals surface area contributed by atoms with Gasteiger partial charge in [-0.2, -0.15) is 4.31 Å². The molecule has 0 radical (unpaired) electrons. The average Bonchev–Trinajstić information content (AvgIpc) is 3.00. The van der Waals surface area contributed by atoms with Gasteiger partial charge in [-0.05, 0) is 12.1 Å². The van der Waals surface area contributed by atoms with Gasteiger partial charge in [-0.15, -0.1) is 11.3 Å². The second kappa shape index (κ2) is 8.26. The van der Waals surface area contributed by atoms with E-state index in [1.54, 1.807) is 6.07 Å². The van der Waals surface area contributed by atoms with Gasteiger partial charge in [0.1, 0.15) is 4.21 Å². The molecular weight excluding hydrogens is 376 g/mol. The van der Waals surface area contributed by atoms with E-state index in [0.29, 0.717) is 30.5 Å². The van der Waals surface area contributed by atoms with Crippen molar-refractivity contribution < 1.29 is 18.0 Å². The standard InChI is InChI=1S/C13H19ClN4O4S2/c1-15-11(19)8-16-12(20)9-17-4-6-18(7-5-17)24(21,22)13-3-2-10(14)23-13/h2-3H,4-9H2,1H3,(H,15,19)(H,16,20). The minimum atomic E-state index is -3.53. The molecule has 1 aliphatic rings. The lowest BCUT2D eigenvalue weighted by atomic mass is 10.3. The molecule has 0 bridgehead atoms. The van der Waals surface area contributed by atoms with Crippen molar-refractivity contribution in [3.63, 3.8) is 0 Å². The number of nitrogens with one attached hydrogen (secondary N) is 2. The van der Waals surface area contributed by atoms with E-state index in [-0.39, 0.29) is 29.1 Å². The van der Waals surface area contributed by atoms with Gasteiger partial charge in [0.2, 0.25) is 11.8 Å². The second-order valence-electron chi connectivity index (χ2n) is 5.19. The number of carbonyl (C=O) groups excluding carboxylic acids is 2. The Hall–Kier alpha value is -1.20. The zero-order valence-electron chi connectivity index (χ0n) is 13.1. The van der Waals surface area contributed by atoms with Gasteiger partial charge in [-0.25, -0.2) is 8.42 Å². The molecule has 2 N–H and O–H groups in total. The number of piperazine rings is 1. The van der Waals surface area contributed by atoms with Crippen molar-refractivity contribution in [1.29, 1.82) is 0 Å². The number of hydrogen-bond acceptors (Lipinski definition) is 6. The highest BCUT2D eigenvalue weighted by Crippen LogP contribution is 2.28. The summed E-state index contributed by atoms with van der Waals surface area (Å²) in [4.78, 5) is 24.7. The summed E-state index contributed by atoms with van der Waals surface area (Å²) >= 11 is 6.83. The van der Waals surface area contributed by atoms with E-state index in [2.05, 4.69) is 10.6 Å². The van der Waals surface area contributed by atoms with Crippen molar-refractivity contribution in [2.75, 3.05) is 46.3 Å². The first kappa shape index (κ1) is 19.1. The van der Waals surface area contributed by atoms with E-state index >= 15 is 0 Å². The Balaban J connectivity index is 1.83. The highest BCUT2D eigenvalue weighted by molar-refractivity contribution is 7.91. The average molecular weight is 395 g/mol. The van der Waals surface area contributed by atoms with Crippen LogP contribution in [-0.2, 0) is 19.6 Å². The number of halogens is 1. The highest BCUT2D eigenvalue weighted by atomic mass is 35.5. The predicted molar refractivity (Wildman–Crippen MR) is 91.6 cm³/mol. The Morgan fingerprint density at radius 3 is 2.42 bits per heavy atom. The Labute approximate surface area is 149 Å². The number of amides is 2. The summed E-state index contributed by atoms with van der Waals surface area (Å²) in [6, 6.07) is 3.06. The minimum Gasteiger partial charge on any atom is -0.358 e. The fourth-order valence-electron chi connectivity index (χ4n) is 2.22. The van der Waals surface area contributed by atoms with Crippen molar-refractivity contribution >= 4 is 44.8 Å². The molecule has 0 aromatic carbocycles. The minimum absolute atomic E-state index is 0.0667. The van der Waals surface area contributed by atoms with Crippen molar-refractivity contribution in [2.45, 2.75) is 4.21 Å². The molecule has 2 amide bonds. The first-order chi connectivity index (χ1) is 11.3. The van der Waals surface area contributed by atoms with Crippen LogP contribution in [0.1, 0.15) is 0 Å². The molecule has 11 heteroatoms. The zero-order chi connectivity index (χ0) is 17.7. The molecule has 1 aromatic heterocycles. The molecule has 1 aromatic rings. The van der Waals surface area contributed by atoms with Crippen molar-refractivity contribution in [3.8, 4) is 0 Å². The number of likely N-dealkylation sites (N-methyl/N-ethyl adjacent to an activating group) is 1. The molecular formula is C13H19ClN4O4S2. The van der Waals surface area contributed by atoms with Crippen LogP contribution in [0.4, 0.5) is 0 Å². The Morgan fingerprint density at radius 1 is 1.21 bits per heavy atom. The van der Waals surface area contributed by atoms with Crippen molar-refractivity contribution in [1.82, 2.24) is 19.8 Å². The molecule has 0 saturated carbocycles. The van der Waals surface area contributed by atoms with Gasteiger partial charge < -0.3 is 10.6 Å². The van der Waals surface area contributed by atoms with E-state index in [0.717, 1.165) is 11.3 Å². The van der Waals surface area contributed by atoms with Crippen molar-refractivity contribution in [2.24, 2.45) is 0 Å². The third-order valence-electron chi connectivity index (χ3n) is 3.57. The van der Waals surface area contributed by atoms with Gasteiger partial charge in [0.15, 0.2) is 0 Å². The molecule has 0 unspecified atom stereocenters. The van der Waals surface area contributed by atoms with Crippen LogP contribution in [0.3, 0.4) is 0 Å². The molecule has 0 atom stereocenters. The largest absolute Gasteiger partial charge is 0.358 e. The molecule has 1 fully saturated rings. The van der Waals surface area contributed by atoms with Crippen LogP contribution in [0.15, 0.2) is 16.3 Å². The molecule has 134 valence electrons. The van der Waals surface area contributed by atoms with Crippen LogP contribution in [0.5, 0.6) is 0 Å². The second-order valence-corrected chi connectivity index (χ2v) is 9.07. The monoisotopic (exact) mass is 394 g/mol. The molecule has 2 rings (SSSR count). The van der Waals surface area contributed by atoms with Crippen LogP contribution in [0.25, 0.3) is 0 Å². The number of rotatable bonds is 6. The molecule has 2 heterocycles.